The van der Waals surface area contributed by atoms with Gasteiger partial charge in [0.15, 0.2) is 0 Å². The fraction of sp³-hybridized carbons (Fsp3) is 0.562. The minimum Gasteiger partial charge on any atom is -0.375 e. The number of nitrogens with one attached hydrogen (secondary N) is 1. The lowest BCUT2D eigenvalue weighted by molar-refractivity contribution is -0.0630. The maximum Gasteiger partial charge on any atom is 0.0991 e. The summed E-state index contributed by atoms with van der Waals surface area (Å²) in [6.07, 6.45) is 2.11. The molecule has 3 nitrogen and oxygen atoms in total. The molecule has 0 bridgehead atoms. The quantitative estimate of drug-likeness (QED) is 0.906. The topological polar surface area (TPSA) is 45.0 Å². The molecule has 102 valence electrons. The fourth-order valence-corrected chi connectivity index (χ4v) is 2.62. The van der Waals surface area contributed by atoms with Gasteiger partial charge in [-0.25, -0.2) is 0 Å². The third kappa shape index (κ3) is 3.79. The van der Waals surface area contributed by atoms with E-state index in [-0.39, 0.29) is 5.60 Å². The largest absolute Gasteiger partial charge is 0.375 e. The molecule has 1 atom stereocenters. The zero-order chi connectivity index (χ0) is 13.9. The van der Waals surface area contributed by atoms with Crippen LogP contribution in [0.4, 0.5) is 0 Å². The first-order valence-corrected chi connectivity index (χ1v) is 6.87. The number of rotatable bonds is 3. The van der Waals surface area contributed by atoms with Crippen LogP contribution in [0.2, 0.25) is 0 Å². The van der Waals surface area contributed by atoms with Gasteiger partial charge in [-0.3, -0.25) is 0 Å². The van der Waals surface area contributed by atoms with Gasteiger partial charge in [-0.1, -0.05) is 6.07 Å². The molecule has 0 aliphatic carbocycles. The highest BCUT2D eigenvalue weighted by Crippen LogP contribution is 2.24. The molecule has 0 amide bonds. The van der Waals surface area contributed by atoms with E-state index in [1.807, 2.05) is 18.2 Å². The van der Waals surface area contributed by atoms with Gasteiger partial charge in [0, 0.05) is 19.2 Å². The molecular weight excluding hydrogens is 236 g/mol. The van der Waals surface area contributed by atoms with Gasteiger partial charge in [-0.05, 0) is 56.9 Å². The van der Waals surface area contributed by atoms with E-state index in [0.29, 0.717) is 6.04 Å². The predicted octanol–water partition coefficient (Wildman–Crippen LogP) is 2.91. The van der Waals surface area contributed by atoms with E-state index in [1.165, 1.54) is 11.1 Å². The summed E-state index contributed by atoms with van der Waals surface area (Å²) in [6, 6.07) is 8.57. The summed E-state index contributed by atoms with van der Waals surface area (Å²) < 4.78 is 5.73. The molecule has 0 radical (unpaired) electrons. The third-order valence-electron chi connectivity index (χ3n) is 3.75. The number of hydrogen-bond donors (Lipinski definition) is 1. The number of nitriles is 1. The number of benzene rings is 1. The lowest BCUT2D eigenvalue weighted by Gasteiger charge is -2.36. The Kier molecular flexibility index (Phi) is 4.24. The third-order valence-corrected chi connectivity index (χ3v) is 3.75. The first kappa shape index (κ1) is 14.0. The van der Waals surface area contributed by atoms with Gasteiger partial charge < -0.3 is 10.1 Å². The highest BCUT2D eigenvalue weighted by Gasteiger charge is 2.28. The lowest BCUT2D eigenvalue weighted by Crippen LogP contribution is -2.43. The Balaban J connectivity index is 1.94. The summed E-state index contributed by atoms with van der Waals surface area (Å²) in [4.78, 5) is 0. The van der Waals surface area contributed by atoms with Crippen LogP contribution in [0.25, 0.3) is 0 Å². The van der Waals surface area contributed by atoms with Crippen molar-refractivity contribution in [2.24, 2.45) is 0 Å². The molecule has 3 heteroatoms. The summed E-state index contributed by atoms with van der Waals surface area (Å²) in [7, 11) is 0. The molecule has 1 heterocycles. The molecule has 1 fully saturated rings. The Morgan fingerprint density at radius 1 is 1.47 bits per heavy atom. The van der Waals surface area contributed by atoms with Crippen molar-refractivity contribution in [3.63, 3.8) is 0 Å². The highest BCUT2D eigenvalue weighted by molar-refractivity contribution is 5.37. The number of nitrogens with zero attached hydrogens (tertiary/aromatic N) is 1. The molecular formula is C16H22N2O. The van der Waals surface area contributed by atoms with Crippen LogP contribution in [0, 0.1) is 18.3 Å². The standard InChI is InChI=1S/C16H22N2O/c1-12-8-13(10-17)4-5-14(12)11-18-15-6-7-19-16(2,3)9-15/h4-5,8,15,18H,6-7,9,11H2,1-3H3. The van der Waals surface area contributed by atoms with Crippen LogP contribution in [-0.4, -0.2) is 18.2 Å². The number of aryl methyl sites for hydroxylation is 1. The molecule has 1 aliphatic heterocycles. The van der Waals surface area contributed by atoms with Crippen LogP contribution in [0.5, 0.6) is 0 Å². The second kappa shape index (κ2) is 5.73. The van der Waals surface area contributed by atoms with E-state index in [4.69, 9.17) is 10.00 Å². The van der Waals surface area contributed by atoms with Crippen LogP contribution in [0.1, 0.15) is 43.4 Å². The van der Waals surface area contributed by atoms with Crippen LogP contribution in [-0.2, 0) is 11.3 Å². The van der Waals surface area contributed by atoms with Gasteiger partial charge in [0.25, 0.3) is 0 Å². The van der Waals surface area contributed by atoms with Crippen molar-refractivity contribution in [2.45, 2.75) is 51.8 Å². The van der Waals surface area contributed by atoms with E-state index >= 15 is 0 Å². The van der Waals surface area contributed by atoms with Gasteiger partial charge in [-0.2, -0.15) is 5.26 Å². The van der Waals surface area contributed by atoms with Crippen LogP contribution in [0.15, 0.2) is 18.2 Å². The Hall–Kier alpha value is -1.37. The smallest absolute Gasteiger partial charge is 0.0991 e. The Bertz CT molecular complexity index is 488. The van der Waals surface area contributed by atoms with Crippen LogP contribution < -0.4 is 5.32 Å². The lowest BCUT2D eigenvalue weighted by atomic mass is 9.93. The molecule has 19 heavy (non-hydrogen) atoms. The van der Waals surface area contributed by atoms with E-state index < -0.39 is 0 Å². The molecule has 1 N–H and O–H groups in total. The van der Waals surface area contributed by atoms with Crippen molar-refractivity contribution in [3.8, 4) is 6.07 Å². The fourth-order valence-electron chi connectivity index (χ4n) is 2.62. The van der Waals surface area contributed by atoms with Crippen molar-refractivity contribution in [1.82, 2.24) is 5.32 Å². The molecule has 1 aliphatic rings. The minimum absolute atomic E-state index is 0.0182. The Morgan fingerprint density at radius 2 is 2.26 bits per heavy atom. The summed E-state index contributed by atoms with van der Waals surface area (Å²) in [5, 5.41) is 12.5. The number of hydrogen-bond acceptors (Lipinski definition) is 3. The van der Waals surface area contributed by atoms with E-state index in [2.05, 4.69) is 32.2 Å². The molecule has 1 aromatic rings. The molecule has 0 aromatic heterocycles. The molecule has 1 unspecified atom stereocenters. The first-order valence-electron chi connectivity index (χ1n) is 6.87. The second-order valence-electron chi connectivity index (χ2n) is 5.93. The number of ether oxygens (including phenoxy) is 1. The van der Waals surface area contributed by atoms with E-state index in [0.717, 1.165) is 31.6 Å². The molecule has 0 spiro atoms. The zero-order valence-electron chi connectivity index (χ0n) is 12.0. The highest BCUT2D eigenvalue weighted by atomic mass is 16.5. The maximum atomic E-state index is 8.86. The average Bonchev–Trinajstić information content (AvgIpc) is 2.36. The van der Waals surface area contributed by atoms with Crippen LogP contribution in [0.3, 0.4) is 0 Å². The van der Waals surface area contributed by atoms with Gasteiger partial charge in [0.2, 0.25) is 0 Å². The van der Waals surface area contributed by atoms with Crippen molar-refractivity contribution >= 4 is 0 Å². The van der Waals surface area contributed by atoms with Crippen molar-refractivity contribution in [1.29, 1.82) is 5.26 Å². The maximum absolute atomic E-state index is 8.86. The second-order valence-corrected chi connectivity index (χ2v) is 5.93. The first-order chi connectivity index (χ1) is 9.00. The summed E-state index contributed by atoms with van der Waals surface area (Å²) in [6.45, 7) is 8.04. The van der Waals surface area contributed by atoms with E-state index in [1.54, 1.807) is 0 Å². The zero-order valence-corrected chi connectivity index (χ0v) is 12.0. The van der Waals surface area contributed by atoms with Gasteiger partial charge in [-0.15, -0.1) is 0 Å². The SMILES string of the molecule is Cc1cc(C#N)ccc1CNC1CCOC(C)(C)C1. The predicted molar refractivity (Wildman–Crippen MR) is 75.8 cm³/mol. The average molecular weight is 258 g/mol. The van der Waals surface area contributed by atoms with Gasteiger partial charge in [0.1, 0.15) is 0 Å². The summed E-state index contributed by atoms with van der Waals surface area (Å²) >= 11 is 0. The Morgan fingerprint density at radius 3 is 2.89 bits per heavy atom. The molecule has 0 saturated carbocycles. The van der Waals surface area contributed by atoms with Gasteiger partial charge in [0.05, 0.1) is 17.2 Å². The van der Waals surface area contributed by atoms with Crippen molar-refractivity contribution in [3.05, 3.63) is 34.9 Å². The van der Waals surface area contributed by atoms with Crippen molar-refractivity contribution in [2.75, 3.05) is 6.61 Å². The molecule has 2 rings (SSSR count). The monoisotopic (exact) mass is 258 g/mol. The minimum atomic E-state index is -0.0182. The summed E-state index contributed by atoms with van der Waals surface area (Å²) in [5.41, 5.74) is 3.16. The van der Waals surface area contributed by atoms with Crippen molar-refractivity contribution < 1.29 is 4.74 Å². The molecule has 1 aromatic carbocycles. The normalized spacial score (nSPS) is 21.9. The van der Waals surface area contributed by atoms with Gasteiger partial charge >= 0.3 is 0 Å². The Labute approximate surface area is 115 Å². The summed E-state index contributed by atoms with van der Waals surface area (Å²) in [5.74, 6) is 0. The van der Waals surface area contributed by atoms with Crippen LogP contribution >= 0.6 is 0 Å². The van der Waals surface area contributed by atoms with E-state index in [9.17, 15) is 0 Å². The molecule has 1 saturated heterocycles.